The molecule has 8 nitrogen and oxygen atoms in total. The van der Waals surface area contributed by atoms with E-state index >= 15 is 0 Å². The zero-order chi connectivity index (χ0) is 26.5. The number of hydrogen-bond acceptors (Lipinski definition) is 6. The molecule has 2 fully saturated rings. The molecule has 38 heavy (non-hydrogen) atoms. The van der Waals surface area contributed by atoms with E-state index in [1.807, 2.05) is 42.5 Å². The van der Waals surface area contributed by atoms with Crippen molar-refractivity contribution >= 4 is 33.0 Å². The monoisotopic (exact) mass is 534 g/mol. The number of carbonyl (C=O) groups is 1. The molecule has 9 heteroatoms. The Labute approximate surface area is 224 Å². The zero-order valence-corrected chi connectivity index (χ0v) is 22.4. The van der Waals surface area contributed by atoms with Crippen LogP contribution in [0.25, 0.3) is 0 Å². The number of nitrogens with one attached hydrogen (secondary N) is 1. The Hall–Kier alpha value is -3.56. The van der Waals surface area contributed by atoms with Gasteiger partial charge in [-0.15, -0.1) is 0 Å². The van der Waals surface area contributed by atoms with Crippen molar-refractivity contribution in [3.05, 3.63) is 78.9 Å². The molecule has 0 bridgehead atoms. The quantitative estimate of drug-likeness (QED) is 0.492. The van der Waals surface area contributed by atoms with Gasteiger partial charge in [-0.2, -0.15) is 4.31 Å². The van der Waals surface area contributed by atoms with Gasteiger partial charge < -0.3 is 19.9 Å². The summed E-state index contributed by atoms with van der Waals surface area (Å²) in [4.78, 5) is 17.5. The number of methoxy groups -OCH3 is 1. The smallest absolute Gasteiger partial charge is 0.243 e. The van der Waals surface area contributed by atoms with E-state index in [4.69, 9.17) is 4.74 Å². The van der Waals surface area contributed by atoms with E-state index in [-0.39, 0.29) is 16.7 Å². The van der Waals surface area contributed by atoms with Crippen LogP contribution in [0.15, 0.2) is 83.8 Å². The van der Waals surface area contributed by atoms with Crippen LogP contribution in [-0.4, -0.2) is 65.0 Å². The SMILES string of the molecule is COc1ccccc1N1CCN(S(=O)(=O)c2ccc(NC(=O)C3CCN(c4ccccc4)CC3)cc2)CC1. The van der Waals surface area contributed by atoms with Gasteiger partial charge in [-0.1, -0.05) is 30.3 Å². The summed E-state index contributed by atoms with van der Waals surface area (Å²) in [5.74, 6) is 0.710. The van der Waals surface area contributed by atoms with Gasteiger partial charge in [0.2, 0.25) is 15.9 Å². The molecular formula is C29H34N4O4S. The third kappa shape index (κ3) is 5.63. The van der Waals surface area contributed by atoms with E-state index in [0.717, 1.165) is 37.4 Å². The Morgan fingerprint density at radius 1 is 0.789 bits per heavy atom. The van der Waals surface area contributed by atoms with Crippen molar-refractivity contribution in [2.75, 3.05) is 61.5 Å². The molecule has 2 aliphatic rings. The number of amides is 1. The van der Waals surface area contributed by atoms with E-state index in [1.54, 1.807) is 31.4 Å². The Morgan fingerprint density at radius 2 is 1.42 bits per heavy atom. The largest absolute Gasteiger partial charge is 0.495 e. The third-order valence-corrected chi connectivity index (χ3v) is 9.32. The third-order valence-electron chi connectivity index (χ3n) is 7.41. The maximum atomic E-state index is 13.3. The summed E-state index contributed by atoms with van der Waals surface area (Å²) in [6, 6.07) is 24.5. The summed E-state index contributed by atoms with van der Waals surface area (Å²) in [7, 11) is -1.99. The van der Waals surface area contributed by atoms with Gasteiger partial charge in [0.05, 0.1) is 17.7 Å². The molecule has 5 rings (SSSR count). The van der Waals surface area contributed by atoms with E-state index < -0.39 is 10.0 Å². The molecule has 0 aliphatic carbocycles. The highest BCUT2D eigenvalue weighted by molar-refractivity contribution is 7.89. The Bertz CT molecular complexity index is 1330. The average Bonchev–Trinajstić information content (AvgIpc) is 2.98. The highest BCUT2D eigenvalue weighted by Gasteiger charge is 2.30. The van der Waals surface area contributed by atoms with Crippen molar-refractivity contribution in [3.8, 4) is 5.75 Å². The van der Waals surface area contributed by atoms with Crippen LogP contribution < -0.4 is 19.9 Å². The minimum Gasteiger partial charge on any atom is -0.495 e. The van der Waals surface area contributed by atoms with Crippen LogP contribution in [0.1, 0.15) is 12.8 Å². The number of rotatable bonds is 7. The fraction of sp³-hybridized carbons (Fsp3) is 0.345. The molecule has 2 heterocycles. The number of piperidine rings is 1. The number of carbonyl (C=O) groups excluding carboxylic acids is 1. The van der Waals surface area contributed by atoms with E-state index in [0.29, 0.717) is 31.9 Å². The minimum atomic E-state index is -3.62. The lowest BCUT2D eigenvalue weighted by Gasteiger charge is -2.36. The highest BCUT2D eigenvalue weighted by atomic mass is 32.2. The molecule has 0 spiro atoms. The summed E-state index contributed by atoms with van der Waals surface area (Å²) < 4.78 is 33.5. The molecular weight excluding hydrogens is 500 g/mol. The molecule has 0 atom stereocenters. The number of benzene rings is 3. The summed E-state index contributed by atoms with van der Waals surface area (Å²) >= 11 is 0. The Kier molecular flexibility index (Phi) is 7.85. The van der Waals surface area contributed by atoms with Crippen LogP contribution in [-0.2, 0) is 14.8 Å². The first-order chi connectivity index (χ1) is 18.5. The second-order valence-corrected chi connectivity index (χ2v) is 11.6. The molecule has 2 saturated heterocycles. The number of ether oxygens (including phenoxy) is 1. The second kappa shape index (κ2) is 11.4. The second-order valence-electron chi connectivity index (χ2n) is 9.67. The first-order valence-electron chi connectivity index (χ1n) is 13.0. The zero-order valence-electron chi connectivity index (χ0n) is 21.6. The van der Waals surface area contributed by atoms with Crippen LogP contribution in [0.5, 0.6) is 5.75 Å². The molecule has 200 valence electrons. The van der Waals surface area contributed by atoms with Gasteiger partial charge >= 0.3 is 0 Å². The summed E-state index contributed by atoms with van der Waals surface area (Å²) in [5.41, 5.74) is 2.77. The number of para-hydroxylation sites is 3. The van der Waals surface area contributed by atoms with Crippen molar-refractivity contribution in [3.63, 3.8) is 0 Å². The fourth-order valence-electron chi connectivity index (χ4n) is 5.20. The predicted molar refractivity (Wildman–Crippen MR) is 150 cm³/mol. The molecule has 3 aromatic rings. The van der Waals surface area contributed by atoms with E-state index in [1.165, 1.54) is 9.99 Å². The molecule has 0 saturated carbocycles. The van der Waals surface area contributed by atoms with Gasteiger partial charge in [0.1, 0.15) is 5.75 Å². The van der Waals surface area contributed by atoms with Gasteiger partial charge in [0.15, 0.2) is 0 Å². The lowest BCUT2D eigenvalue weighted by Crippen LogP contribution is -2.48. The van der Waals surface area contributed by atoms with Crippen LogP contribution >= 0.6 is 0 Å². The fourth-order valence-corrected chi connectivity index (χ4v) is 6.62. The molecule has 0 unspecified atom stereocenters. The highest BCUT2D eigenvalue weighted by Crippen LogP contribution is 2.30. The van der Waals surface area contributed by atoms with Crippen LogP contribution in [0.4, 0.5) is 17.1 Å². The molecule has 0 aromatic heterocycles. The molecule has 0 radical (unpaired) electrons. The number of anilines is 3. The normalized spacial score (nSPS) is 17.3. The van der Waals surface area contributed by atoms with Crippen LogP contribution in [0, 0.1) is 5.92 Å². The van der Waals surface area contributed by atoms with Crippen molar-refractivity contribution < 1.29 is 17.9 Å². The predicted octanol–water partition coefficient (Wildman–Crippen LogP) is 4.06. The summed E-state index contributed by atoms with van der Waals surface area (Å²) in [6.45, 7) is 3.61. The summed E-state index contributed by atoms with van der Waals surface area (Å²) in [5, 5.41) is 2.97. The van der Waals surface area contributed by atoms with Crippen LogP contribution in [0.3, 0.4) is 0 Å². The maximum absolute atomic E-state index is 13.3. The topological polar surface area (TPSA) is 82.2 Å². The average molecular weight is 535 g/mol. The van der Waals surface area contributed by atoms with Gasteiger partial charge in [0, 0.05) is 56.6 Å². The maximum Gasteiger partial charge on any atom is 0.243 e. The first-order valence-corrected chi connectivity index (χ1v) is 14.5. The van der Waals surface area contributed by atoms with Gasteiger partial charge in [-0.3, -0.25) is 4.79 Å². The van der Waals surface area contributed by atoms with E-state index in [9.17, 15) is 13.2 Å². The molecule has 1 N–H and O–H groups in total. The van der Waals surface area contributed by atoms with Crippen LogP contribution in [0.2, 0.25) is 0 Å². The molecule has 3 aromatic carbocycles. The van der Waals surface area contributed by atoms with Crippen molar-refractivity contribution in [2.45, 2.75) is 17.7 Å². The lowest BCUT2D eigenvalue weighted by atomic mass is 9.95. The van der Waals surface area contributed by atoms with Crippen molar-refractivity contribution in [2.24, 2.45) is 5.92 Å². The van der Waals surface area contributed by atoms with Crippen molar-refractivity contribution in [1.82, 2.24) is 4.31 Å². The first kappa shape index (κ1) is 26.1. The standard InChI is InChI=1S/C29H34N4O4S/c1-37-28-10-6-5-9-27(28)32-19-21-33(22-20-32)38(35,36)26-13-11-24(12-14-26)30-29(34)23-15-17-31(18-16-23)25-7-3-2-4-8-25/h2-14,23H,15-22H2,1H3,(H,30,34). The van der Waals surface area contributed by atoms with Crippen molar-refractivity contribution in [1.29, 1.82) is 0 Å². The van der Waals surface area contributed by atoms with E-state index in [2.05, 4.69) is 27.2 Å². The minimum absolute atomic E-state index is 0.0132. The van der Waals surface area contributed by atoms with Gasteiger partial charge in [-0.05, 0) is 61.4 Å². The summed E-state index contributed by atoms with van der Waals surface area (Å²) in [6.07, 6.45) is 1.57. The number of nitrogens with zero attached hydrogens (tertiary/aromatic N) is 3. The van der Waals surface area contributed by atoms with Gasteiger partial charge in [0.25, 0.3) is 0 Å². The number of hydrogen-bond donors (Lipinski definition) is 1. The van der Waals surface area contributed by atoms with Gasteiger partial charge in [-0.25, -0.2) is 8.42 Å². The molecule has 2 aliphatic heterocycles. The Balaban J connectivity index is 1.15. The number of piperazine rings is 1. The number of sulfonamides is 1. The Morgan fingerprint density at radius 3 is 2.08 bits per heavy atom. The molecule has 1 amide bonds. The lowest BCUT2D eigenvalue weighted by molar-refractivity contribution is -0.120.